The van der Waals surface area contributed by atoms with E-state index >= 15 is 0 Å². The third-order valence-electron chi connectivity index (χ3n) is 6.72. The minimum atomic E-state index is 0.151. The van der Waals surface area contributed by atoms with E-state index in [9.17, 15) is 9.59 Å². The Morgan fingerprint density at radius 1 is 0.875 bits per heavy atom. The topological polar surface area (TPSA) is 40.6 Å². The number of rotatable bonds is 3. The molecule has 4 heteroatoms. The van der Waals surface area contributed by atoms with Crippen LogP contribution < -0.4 is 0 Å². The van der Waals surface area contributed by atoms with Crippen molar-refractivity contribution in [3.8, 4) is 0 Å². The molecule has 0 radical (unpaired) electrons. The van der Waals surface area contributed by atoms with Gasteiger partial charge in [0.25, 0.3) is 0 Å². The van der Waals surface area contributed by atoms with Gasteiger partial charge in [0, 0.05) is 38.5 Å². The Bertz CT molecular complexity index is 516. The lowest BCUT2D eigenvalue weighted by Gasteiger charge is -2.36. The molecule has 2 aliphatic carbocycles. The summed E-state index contributed by atoms with van der Waals surface area (Å²) < 4.78 is 0. The molecule has 3 fully saturated rings. The third kappa shape index (κ3) is 3.25. The van der Waals surface area contributed by atoms with Crippen molar-refractivity contribution in [1.82, 2.24) is 9.80 Å². The van der Waals surface area contributed by atoms with Crippen molar-refractivity contribution in [3.63, 3.8) is 0 Å². The molecule has 2 heterocycles. The zero-order chi connectivity index (χ0) is 16.5. The van der Waals surface area contributed by atoms with Crippen LogP contribution in [-0.2, 0) is 9.59 Å². The second-order valence-corrected chi connectivity index (χ2v) is 8.29. The molecule has 0 N–H and O–H groups in total. The van der Waals surface area contributed by atoms with Crippen LogP contribution in [-0.4, -0.2) is 47.8 Å². The Hall–Kier alpha value is -1.32. The van der Waals surface area contributed by atoms with Crippen molar-refractivity contribution in [2.75, 3.05) is 26.2 Å². The molecule has 2 saturated heterocycles. The fourth-order valence-electron chi connectivity index (χ4n) is 5.23. The average Bonchev–Trinajstić information content (AvgIpc) is 3.25. The molecule has 4 rings (SSSR count). The van der Waals surface area contributed by atoms with E-state index in [1.54, 1.807) is 0 Å². The zero-order valence-corrected chi connectivity index (χ0v) is 14.7. The molecule has 2 bridgehead atoms. The van der Waals surface area contributed by atoms with Gasteiger partial charge in [-0.05, 0) is 62.7 Å². The molecule has 3 atom stereocenters. The van der Waals surface area contributed by atoms with Crippen LogP contribution in [0.25, 0.3) is 0 Å². The molecule has 2 aliphatic heterocycles. The number of nitrogens with zero attached hydrogens (tertiary/aromatic N) is 2. The van der Waals surface area contributed by atoms with Gasteiger partial charge in [0.2, 0.25) is 11.8 Å². The average molecular weight is 330 g/mol. The summed E-state index contributed by atoms with van der Waals surface area (Å²) in [6.07, 6.45) is 13.1. The molecule has 0 aromatic heterocycles. The molecule has 1 saturated carbocycles. The van der Waals surface area contributed by atoms with Gasteiger partial charge in [-0.2, -0.15) is 0 Å². The highest BCUT2D eigenvalue weighted by atomic mass is 16.2. The standard InChI is InChI=1S/C20H30N2O2/c23-19(14-18-13-15-4-5-17(18)12-15)21-10-6-16(7-11-21)20(24)22-8-2-1-3-9-22/h4-5,15-18H,1-3,6-14H2/t15-,17+,18+/m1/s1. The fourth-order valence-corrected chi connectivity index (χ4v) is 5.23. The molecule has 4 aliphatic rings. The van der Waals surface area contributed by atoms with Crippen LogP contribution in [0.15, 0.2) is 12.2 Å². The largest absolute Gasteiger partial charge is 0.343 e. The maximum absolute atomic E-state index is 12.6. The summed E-state index contributed by atoms with van der Waals surface area (Å²) in [5.41, 5.74) is 0. The monoisotopic (exact) mass is 330 g/mol. The maximum Gasteiger partial charge on any atom is 0.225 e. The van der Waals surface area contributed by atoms with Crippen molar-refractivity contribution < 1.29 is 9.59 Å². The Kier molecular flexibility index (Phi) is 4.64. The second kappa shape index (κ2) is 6.89. The summed E-state index contributed by atoms with van der Waals surface area (Å²) in [6.45, 7) is 3.44. The van der Waals surface area contributed by atoms with Gasteiger partial charge in [-0.3, -0.25) is 9.59 Å². The molecule has 132 valence electrons. The summed E-state index contributed by atoms with van der Waals surface area (Å²) in [4.78, 5) is 29.3. The van der Waals surface area contributed by atoms with E-state index in [1.807, 2.05) is 4.90 Å². The summed E-state index contributed by atoms with van der Waals surface area (Å²) in [5, 5.41) is 0. The lowest BCUT2D eigenvalue weighted by molar-refractivity contribution is -0.141. The van der Waals surface area contributed by atoms with E-state index < -0.39 is 0 Å². The highest BCUT2D eigenvalue weighted by molar-refractivity contribution is 5.80. The van der Waals surface area contributed by atoms with E-state index in [0.717, 1.165) is 64.2 Å². The van der Waals surface area contributed by atoms with Crippen molar-refractivity contribution in [2.45, 2.75) is 51.4 Å². The predicted molar refractivity (Wildman–Crippen MR) is 93.2 cm³/mol. The molecule has 0 unspecified atom stereocenters. The van der Waals surface area contributed by atoms with Gasteiger partial charge in [-0.15, -0.1) is 0 Å². The van der Waals surface area contributed by atoms with Crippen LogP contribution in [0.1, 0.15) is 51.4 Å². The Morgan fingerprint density at radius 3 is 2.25 bits per heavy atom. The zero-order valence-electron chi connectivity index (χ0n) is 14.7. The first-order valence-electron chi connectivity index (χ1n) is 9.95. The van der Waals surface area contributed by atoms with Gasteiger partial charge in [-0.25, -0.2) is 0 Å². The van der Waals surface area contributed by atoms with E-state index in [-0.39, 0.29) is 5.92 Å². The molecule has 4 nitrogen and oxygen atoms in total. The Labute approximate surface area is 145 Å². The molecular formula is C20H30N2O2. The van der Waals surface area contributed by atoms with E-state index in [0.29, 0.717) is 23.7 Å². The first kappa shape index (κ1) is 16.2. The lowest BCUT2D eigenvalue weighted by Crippen LogP contribution is -2.46. The summed E-state index contributed by atoms with van der Waals surface area (Å²) in [7, 11) is 0. The number of hydrogen-bond donors (Lipinski definition) is 0. The molecular weight excluding hydrogens is 300 g/mol. The van der Waals surface area contributed by atoms with Crippen molar-refractivity contribution in [3.05, 3.63) is 12.2 Å². The molecule has 24 heavy (non-hydrogen) atoms. The Balaban J connectivity index is 1.24. The number of likely N-dealkylation sites (tertiary alicyclic amines) is 2. The van der Waals surface area contributed by atoms with Gasteiger partial charge in [-0.1, -0.05) is 12.2 Å². The SMILES string of the molecule is O=C(C[C@@H]1C[C@@H]2C=C[C@H]1C2)N1CCC(C(=O)N2CCCCC2)CC1. The number of hydrogen-bond acceptors (Lipinski definition) is 2. The Morgan fingerprint density at radius 2 is 1.62 bits per heavy atom. The van der Waals surface area contributed by atoms with Crippen LogP contribution in [0.5, 0.6) is 0 Å². The van der Waals surface area contributed by atoms with Crippen LogP contribution in [0.2, 0.25) is 0 Å². The summed E-state index contributed by atoms with van der Waals surface area (Å²) >= 11 is 0. The van der Waals surface area contributed by atoms with Crippen molar-refractivity contribution in [2.24, 2.45) is 23.7 Å². The number of piperidine rings is 2. The minimum absolute atomic E-state index is 0.151. The normalized spacial score (nSPS) is 33.2. The fraction of sp³-hybridized carbons (Fsp3) is 0.800. The van der Waals surface area contributed by atoms with Crippen LogP contribution >= 0.6 is 0 Å². The first-order valence-corrected chi connectivity index (χ1v) is 9.95. The number of carbonyl (C=O) groups is 2. The third-order valence-corrected chi connectivity index (χ3v) is 6.72. The van der Waals surface area contributed by atoms with Crippen molar-refractivity contribution in [1.29, 1.82) is 0 Å². The van der Waals surface area contributed by atoms with Crippen molar-refractivity contribution >= 4 is 11.8 Å². The number of fused-ring (bicyclic) bond motifs is 2. The molecule has 2 amide bonds. The number of amides is 2. The van der Waals surface area contributed by atoms with Gasteiger partial charge in [0.05, 0.1) is 0 Å². The maximum atomic E-state index is 12.6. The number of carbonyl (C=O) groups excluding carboxylic acids is 2. The molecule has 0 aromatic rings. The summed E-state index contributed by atoms with van der Waals surface area (Å²) in [6, 6.07) is 0. The second-order valence-electron chi connectivity index (χ2n) is 8.29. The smallest absolute Gasteiger partial charge is 0.225 e. The quantitative estimate of drug-likeness (QED) is 0.747. The predicted octanol–water partition coefficient (Wildman–Crippen LogP) is 2.84. The summed E-state index contributed by atoms with van der Waals surface area (Å²) in [5.74, 6) is 2.78. The van der Waals surface area contributed by atoms with E-state index in [1.165, 1.54) is 19.3 Å². The van der Waals surface area contributed by atoms with Crippen LogP contribution in [0.3, 0.4) is 0 Å². The first-order chi connectivity index (χ1) is 11.7. The van der Waals surface area contributed by atoms with E-state index in [4.69, 9.17) is 0 Å². The highest BCUT2D eigenvalue weighted by Gasteiger charge is 2.38. The van der Waals surface area contributed by atoms with Gasteiger partial charge < -0.3 is 9.80 Å². The molecule has 0 aromatic carbocycles. The van der Waals surface area contributed by atoms with Crippen LogP contribution in [0, 0.1) is 23.7 Å². The minimum Gasteiger partial charge on any atom is -0.343 e. The van der Waals surface area contributed by atoms with E-state index in [2.05, 4.69) is 17.1 Å². The molecule has 0 spiro atoms. The van der Waals surface area contributed by atoms with Crippen LogP contribution in [0.4, 0.5) is 0 Å². The highest BCUT2D eigenvalue weighted by Crippen LogP contribution is 2.45. The van der Waals surface area contributed by atoms with Gasteiger partial charge in [0.15, 0.2) is 0 Å². The van der Waals surface area contributed by atoms with Gasteiger partial charge in [0.1, 0.15) is 0 Å². The van der Waals surface area contributed by atoms with Gasteiger partial charge >= 0.3 is 0 Å². The lowest BCUT2D eigenvalue weighted by atomic mass is 9.89. The number of allylic oxidation sites excluding steroid dienone is 2.